The minimum atomic E-state index is 0. The van der Waals surface area contributed by atoms with E-state index in [1.54, 1.807) is 12.1 Å². The van der Waals surface area contributed by atoms with Crippen molar-refractivity contribution >= 4 is 41.8 Å². The Morgan fingerprint density at radius 1 is 1.33 bits per heavy atom. The van der Waals surface area contributed by atoms with E-state index in [1.165, 1.54) is 12.4 Å². The Labute approximate surface area is 80.4 Å². The van der Waals surface area contributed by atoms with Gasteiger partial charge in [-0.1, -0.05) is 12.2 Å². The first-order chi connectivity index (χ1) is 3.79. The van der Waals surface area contributed by atoms with Gasteiger partial charge in [0.25, 0.3) is 0 Å². The van der Waals surface area contributed by atoms with Crippen molar-refractivity contribution in [3.05, 3.63) is 29.0 Å². The van der Waals surface area contributed by atoms with Gasteiger partial charge in [0.15, 0.2) is 0 Å². The Kier molecular flexibility index (Phi) is 4.14. The Hall–Kier alpha value is 0.170. The molecule has 1 rings (SSSR count). The first-order valence-corrected chi connectivity index (χ1v) is 2.57. The maximum atomic E-state index is 8.63. The molecule has 0 aliphatic carbocycles. The zero-order valence-corrected chi connectivity index (χ0v) is 7.93. The van der Waals surface area contributed by atoms with Crippen LogP contribution in [0.2, 0.25) is 0 Å². The average Bonchev–Trinajstić information content (AvgIpc) is 1.77. The van der Waals surface area contributed by atoms with E-state index in [4.69, 9.17) is 17.4 Å². The normalized spacial score (nSPS) is 8.00. The number of pyridine rings is 1. The summed E-state index contributed by atoms with van der Waals surface area (Å²) in [5.41, 5.74) is 0. The van der Waals surface area contributed by atoms with Gasteiger partial charge in [0.2, 0.25) is 0 Å². The SMILES string of the molecule is On1ccc(=S)cc1.[Na]. The predicted molar refractivity (Wildman–Crippen MR) is 38.2 cm³/mol. The second kappa shape index (κ2) is 4.06. The second-order valence-corrected chi connectivity index (χ2v) is 1.89. The number of hydrogen-bond donors (Lipinski definition) is 1. The van der Waals surface area contributed by atoms with Crippen molar-refractivity contribution in [1.29, 1.82) is 0 Å². The quantitative estimate of drug-likeness (QED) is 0.340. The van der Waals surface area contributed by atoms with Crippen molar-refractivity contribution in [2.75, 3.05) is 0 Å². The van der Waals surface area contributed by atoms with Crippen molar-refractivity contribution in [3.63, 3.8) is 0 Å². The summed E-state index contributed by atoms with van der Waals surface area (Å²) in [6, 6.07) is 3.30. The van der Waals surface area contributed by atoms with E-state index in [2.05, 4.69) is 0 Å². The van der Waals surface area contributed by atoms with Gasteiger partial charge in [0, 0.05) is 46.5 Å². The van der Waals surface area contributed by atoms with Gasteiger partial charge in [0.05, 0.1) is 0 Å². The molecular weight excluding hydrogens is 145 g/mol. The van der Waals surface area contributed by atoms with Gasteiger partial charge >= 0.3 is 0 Å². The standard InChI is InChI=1S/C5H5NOS.Na/c7-6-3-1-5(8)2-4-6;/h1-4,7H;. The average molecular weight is 150 g/mol. The number of rotatable bonds is 0. The van der Waals surface area contributed by atoms with Crippen molar-refractivity contribution in [2.24, 2.45) is 0 Å². The molecule has 0 unspecified atom stereocenters. The van der Waals surface area contributed by atoms with E-state index in [0.717, 1.165) is 9.24 Å². The summed E-state index contributed by atoms with van der Waals surface area (Å²) in [5.74, 6) is 0. The first kappa shape index (κ1) is 9.17. The third-order valence-electron chi connectivity index (χ3n) is 0.783. The van der Waals surface area contributed by atoms with Gasteiger partial charge < -0.3 is 5.21 Å². The largest absolute Gasteiger partial charge is 0.429 e. The van der Waals surface area contributed by atoms with E-state index in [0.29, 0.717) is 0 Å². The molecule has 0 amide bonds. The van der Waals surface area contributed by atoms with E-state index in [9.17, 15) is 0 Å². The summed E-state index contributed by atoms with van der Waals surface area (Å²) in [7, 11) is 0. The number of nitrogens with zero attached hydrogens (tertiary/aromatic N) is 1. The van der Waals surface area contributed by atoms with Crippen molar-refractivity contribution in [3.8, 4) is 0 Å². The summed E-state index contributed by atoms with van der Waals surface area (Å²) in [6.07, 6.45) is 2.98. The topological polar surface area (TPSA) is 25.2 Å². The van der Waals surface area contributed by atoms with Gasteiger partial charge in [-0.3, -0.25) is 0 Å². The van der Waals surface area contributed by atoms with Crippen LogP contribution in [0.5, 0.6) is 0 Å². The molecule has 9 heavy (non-hydrogen) atoms. The van der Waals surface area contributed by atoms with Crippen LogP contribution in [-0.4, -0.2) is 39.5 Å². The molecule has 0 bridgehead atoms. The van der Waals surface area contributed by atoms with E-state index in [1.807, 2.05) is 0 Å². The van der Waals surface area contributed by atoms with Crippen molar-refractivity contribution in [2.45, 2.75) is 0 Å². The minimum absolute atomic E-state index is 0. The van der Waals surface area contributed by atoms with Crippen LogP contribution in [0.4, 0.5) is 0 Å². The fraction of sp³-hybridized carbons (Fsp3) is 0. The Morgan fingerprint density at radius 3 is 2.11 bits per heavy atom. The van der Waals surface area contributed by atoms with Crippen LogP contribution >= 0.6 is 12.2 Å². The van der Waals surface area contributed by atoms with Crippen LogP contribution in [0.15, 0.2) is 24.5 Å². The van der Waals surface area contributed by atoms with E-state index >= 15 is 0 Å². The zero-order valence-electron chi connectivity index (χ0n) is 5.11. The van der Waals surface area contributed by atoms with Crippen LogP contribution in [0, 0.1) is 4.51 Å². The third kappa shape index (κ3) is 3.01. The second-order valence-electron chi connectivity index (χ2n) is 1.41. The number of hydrogen-bond acceptors (Lipinski definition) is 2. The maximum absolute atomic E-state index is 8.63. The molecule has 1 heterocycles. The molecule has 0 atom stereocenters. The van der Waals surface area contributed by atoms with Crippen LogP contribution < -0.4 is 0 Å². The smallest absolute Gasteiger partial charge is 0.0445 e. The zero-order chi connectivity index (χ0) is 5.98. The van der Waals surface area contributed by atoms with Gasteiger partial charge in [-0.25, -0.2) is 4.73 Å². The third-order valence-corrected chi connectivity index (χ3v) is 1.06. The van der Waals surface area contributed by atoms with Gasteiger partial charge in [-0.05, 0) is 12.1 Å². The molecular formula is C5H5NNaOS. The monoisotopic (exact) mass is 150 g/mol. The summed E-state index contributed by atoms with van der Waals surface area (Å²) >= 11 is 4.75. The molecule has 4 heteroatoms. The molecule has 2 nitrogen and oxygen atoms in total. The van der Waals surface area contributed by atoms with Crippen LogP contribution in [0.1, 0.15) is 0 Å². The summed E-state index contributed by atoms with van der Waals surface area (Å²) in [6.45, 7) is 0. The van der Waals surface area contributed by atoms with Gasteiger partial charge in [-0.15, -0.1) is 0 Å². The Bertz CT molecular complexity index is 214. The van der Waals surface area contributed by atoms with Crippen molar-refractivity contribution in [1.82, 2.24) is 4.73 Å². The van der Waals surface area contributed by atoms with Crippen molar-refractivity contribution < 1.29 is 5.21 Å². The summed E-state index contributed by atoms with van der Waals surface area (Å²) in [4.78, 5) is 0. The minimum Gasteiger partial charge on any atom is -0.429 e. The number of aromatic nitrogens is 1. The fourth-order valence-electron chi connectivity index (χ4n) is 0.405. The molecule has 1 N–H and O–H groups in total. The fourth-order valence-corrected chi connectivity index (χ4v) is 0.527. The Morgan fingerprint density at radius 2 is 1.78 bits per heavy atom. The summed E-state index contributed by atoms with van der Waals surface area (Å²) in [5, 5.41) is 8.63. The summed E-state index contributed by atoms with van der Waals surface area (Å²) < 4.78 is 1.69. The van der Waals surface area contributed by atoms with E-state index < -0.39 is 0 Å². The van der Waals surface area contributed by atoms with Crippen LogP contribution in [-0.2, 0) is 0 Å². The molecule has 1 aromatic heterocycles. The molecule has 0 spiro atoms. The molecule has 1 aromatic rings. The van der Waals surface area contributed by atoms with Gasteiger partial charge in [0.1, 0.15) is 0 Å². The van der Waals surface area contributed by atoms with Gasteiger partial charge in [-0.2, -0.15) is 0 Å². The molecule has 0 fully saturated rings. The Balaban J connectivity index is 0.000000640. The van der Waals surface area contributed by atoms with Crippen LogP contribution in [0.3, 0.4) is 0 Å². The molecule has 0 aliphatic heterocycles. The molecule has 0 aliphatic rings. The molecule has 1 radical (unpaired) electrons. The molecule has 0 saturated carbocycles. The van der Waals surface area contributed by atoms with E-state index in [-0.39, 0.29) is 29.6 Å². The maximum Gasteiger partial charge on any atom is 0.0445 e. The first-order valence-electron chi connectivity index (χ1n) is 2.16. The molecule has 43 valence electrons. The molecule has 0 aromatic carbocycles. The predicted octanol–water partition coefficient (Wildman–Crippen LogP) is 1.07. The molecule has 0 saturated heterocycles. The van der Waals surface area contributed by atoms with Crippen LogP contribution in [0.25, 0.3) is 0 Å².